The Balaban J connectivity index is 1.34. The first-order valence-corrected chi connectivity index (χ1v) is 9.98. The topological polar surface area (TPSA) is 74.9 Å². The molecule has 3 aromatic rings. The number of carboxylic acid groups (broad SMARTS) is 1. The number of hydrogen-bond donors (Lipinski definition) is 1. The van der Waals surface area contributed by atoms with Crippen LogP contribution in [0.1, 0.15) is 34.5 Å². The van der Waals surface area contributed by atoms with Crippen LogP contribution in [0.25, 0.3) is 4.96 Å². The van der Waals surface area contributed by atoms with Gasteiger partial charge in [-0.25, -0.2) is 9.78 Å². The van der Waals surface area contributed by atoms with Crippen molar-refractivity contribution in [1.29, 1.82) is 0 Å². The standard InChI is InChI=1S/C20H21N3O3S/c24-18(12-16-13-27-20-21-7-10-23(16)20)22-8-5-14(6-9-22)11-15-3-1-2-4-17(15)19(25)26/h1-4,7,10,13-14H,5-6,8-9,11-12H2,(H,25,26). The number of carbonyl (C=O) groups excluding carboxylic acids is 1. The van der Waals surface area contributed by atoms with Crippen molar-refractivity contribution in [1.82, 2.24) is 14.3 Å². The number of rotatable bonds is 5. The molecule has 0 saturated carbocycles. The Morgan fingerprint density at radius 2 is 2.00 bits per heavy atom. The molecule has 6 nitrogen and oxygen atoms in total. The summed E-state index contributed by atoms with van der Waals surface area (Å²) in [6, 6.07) is 7.20. The number of hydrogen-bond acceptors (Lipinski definition) is 4. The van der Waals surface area contributed by atoms with Crippen molar-refractivity contribution in [2.75, 3.05) is 13.1 Å². The molecule has 1 aliphatic heterocycles. The Labute approximate surface area is 161 Å². The van der Waals surface area contributed by atoms with Crippen molar-refractivity contribution in [2.24, 2.45) is 5.92 Å². The molecule has 1 amide bonds. The van der Waals surface area contributed by atoms with Crippen LogP contribution in [0.4, 0.5) is 0 Å². The molecule has 1 aromatic carbocycles. The Hall–Kier alpha value is -2.67. The summed E-state index contributed by atoms with van der Waals surface area (Å²) in [7, 11) is 0. The van der Waals surface area contributed by atoms with E-state index in [9.17, 15) is 14.7 Å². The molecule has 140 valence electrons. The van der Waals surface area contributed by atoms with Gasteiger partial charge in [0.15, 0.2) is 4.96 Å². The number of imidazole rings is 1. The molecule has 7 heteroatoms. The average molecular weight is 383 g/mol. The molecule has 0 atom stereocenters. The third-order valence-corrected chi connectivity index (χ3v) is 6.18. The van der Waals surface area contributed by atoms with Gasteiger partial charge in [-0.1, -0.05) is 18.2 Å². The SMILES string of the molecule is O=C(O)c1ccccc1CC1CCN(C(=O)Cc2csc3nccn23)CC1. The number of piperidine rings is 1. The van der Waals surface area contributed by atoms with Crippen LogP contribution in [0.5, 0.6) is 0 Å². The molecule has 0 unspecified atom stereocenters. The number of benzene rings is 1. The van der Waals surface area contributed by atoms with Crippen LogP contribution in [0.2, 0.25) is 0 Å². The van der Waals surface area contributed by atoms with Crippen LogP contribution in [-0.2, 0) is 17.6 Å². The number of aromatic nitrogens is 2. The molecular weight excluding hydrogens is 362 g/mol. The zero-order chi connectivity index (χ0) is 18.8. The third kappa shape index (κ3) is 3.73. The third-order valence-electron chi connectivity index (χ3n) is 5.27. The van der Waals surface area contributed by atoms with Gasteiger partial charge in [-0.2, -0.15) is 0 Å². The second-order valence-electron chi connectivity index (χ2n) is 6.97. The van der Waals surface area contributed by atoms with E-state index in [1.165, 1.54) is 0 Å². The molecule has 0 aliphatic carbocycles. The fraction of sp³-hybridized carbons (Fsp3) is 0.350. The molecule has 1 aliphatic rings. The number of amides is 1. The monoisotopic (exact) mass is 383 g/mol. The first kappa shape index (κ1) is 17.7. The number of aromatic carboxylic acids is 1. The summed E-state index contributed by atoms with van der Waals surface area (Å²) in [5, 5.41) is 11.3. The molecule has 0 bridgehead atoms. The lowest BCUT2D eigenvalue weighted by Crippen LogP contribution is -2.39. The lowest BCUT2D eigenvalue weighted by atomic mass is 9.88. The summed E-state index contributed by atoms with van der Waals surface area (Å²) in [4.78, 5) is 31.1. The zero-order valence-electron chi connectivity index (χ0n) is 14.9. The van der Waals surface area contributed by atoms with Gasteiger partial charge in [-0.05, 0) is 36.8 Å². The Morgan fingerprint density at radius 1 is 1.22 bits per heavy atom. The molecule has 4 rings (SSSR count). The van der Waals surface area contributed by atoms with E-state index in [0.717, 1.165) is 48.6 Å². The van der Waals surface area contributed by atoms with Crippen LogP contribution >= 0.6 is 11.3 Å². The maximum atomic E-state index is 12.7. The van der Waals surface area contributed by atoms with Gasteiger partial charge < -0.3 is 10.0 Å². The number of carbonyl (C=O) groups is 2. The predicted octanol–water partition coefficient (Wildman–Crippen LogP) is 3.12. The van der Waals surface area contributed by atoms with E-state index in [4.69, 9.17) is 0 Å². The van der Waals surface area contributed by atoms with Gasteiger partial charge in [0.2, 0.25) is 5.91 Å². The minimum atomic E-state index is -0.875. The molecule has 1 saturated heterocycles. The van der Waals surface area contributed by atoms with Crippen LogP contribution in [0.15, 0.2) is 42.0 Å². The van der Waals surface area contributed by atoms with E-state index in [1.54, 1.807) is 29.7 Å². The fourth-order valence-electron chi connectivity index (χ4n) is 3.77. The van der Waals surface area contributed by atoms with E-state index in [-0.39, 0.29) is 5.91 Å². The number of nitrogens with zero attached hydrogens (tertiary/aromatic N) is 3. The largest absolute Gasteiger partial charge is 0.478 e. The summed E-state index contributed by atoms with van der Waals surface area (Å²) >= 11 is 1.55. The van der Waals surface area contributed by atoms with E-state index < -0.39 is 5.97 Å². The normalized spacial score (nSPS) is 15.3. The summed E-state index contributed by atoms with van der Waals surface area (Å²) in [6.07, 6.45) is 6.60. The highest BCUT2D eigenvalue weighted by atomic mass is 32.1. The van der Waals surface area contributed by atoms with Crippen molar-refractivity contribution in [3.05, 3.63) is 58.9 Å². The Kier molecular flexibility index (Phi) is 4.94. The number of likely N-dealkylation sites (tertiary alicyclic amines) is 1. The highest BCUT2D eigenvalue weighted by Gasteiger charge is 2.24. The van der Waals surface area contributed by atoms with Gasteiger partial charge in [0.1, 0.15) is 0 Å². The minimum Gasteiger partial charge on any atom is -0.478 e. The molecule has 1 fully saturated rings. The van der Waals surface area contributed by atoms with Crippen LogP contribution in [0, 0.1) is 5.92 Å². The number of thiazole rings is 1. The van der Waals surface area contributed by atoms with Crippen molar-refractivity contribution < 1.29 is 14.7 Å². The van der Waals surface area contributed by atoms with Crippen molar-refractivity contribution in [3.8, 4) is 0 Å². The van der Waals surface area contributed by atoms with Gasteiger partial charge in [0.05, 0.1) is 12.0 Å². The molecule has 27 heavy (non-hydrogen) atoms. The quantitative estimate of drug-likeness (QED) is 0.735. The summed E-state index contributed by atoms with van der Waals surface area (Å²) in [6.45, 7) is 1.46. The van der Waals surface area contributed by atoms with Crippen molar-refractivity contribution in [3.63, 3.8) is 0 Å². The smallest absolute Gasteiger partial charge is 0.335 e. The van der Waals surface area contributed by atoms with E-state index >= 15 is 0 Å². The summed E-state index contributed by atoms with van der Waals surface area (Å²) in [5.41, 5.74) is 2.25. The molecular formula is C20H21N3O3S. The molecule has 0 spiro atoms. The van der Waals surface area contributed by atoms with Gasteiger partial charge in [-0.15, -0.1) is 11.3 Å². The van der Waals surface area contributed by atoms with Crippen LogP contribution in [-0.4, -0.2) is 44.4 Å². The second-order valence-corrected chi connectivity index (χ2v) is 7.81. The van der Waals surface area contributed by atoms with Gasteiger partial charge >= 0.3 is 5.97 Å². The van der Waals surface area contributed by atoms with E-state index in [2.05, 4.69) is 4.98 Å². The Morgan fingerprint density at radius 3 is 2.78 bits per heavy atom. The highest BCUT2D eigenvalue weighted by Crippen LogP contribution is 2.24. The first-order chi connectivity index (χ1) is 13.1. The Bertz CT molecular complexity index is 970. The maximum absolute atomic E-state index is 12.7. The predicted molar refractivity (Wildman–Crippen MR) is 103 cm³/mol. The molecule has 3 heterocycles. The lowest BCUT2D eigenvalue weighted by molar-refractivity contribution is -0.131. The average Bonchev–Trinajstić information content (AvgIpc) is 3.28. The maximum Gasteiger partial charge on any atom is 0.335 e. The zero-order valence-corrected chi connectivity index (χ0v) is 15.7. The van der Waals surface area contributed by atoms with E-state index in [0.29, 0.717) is 17.9 Å². The molecule has 0 radical (unpaired) electrons. The van der Waals surface area contributed by atoms with Crippen molar-refractivity contribution >= 4 is 28.2 Å². The summed E-state index contributed by atoms with van der Waals surface area (Å²) in [5.74, 6) is -0.316. The minimum absolute atomic E-state index is 0.146. The fourth-order valence-corrected chi connectivity index (χ4v) is 4.62. The van der Waals surface area contributed by atoms with Crippen LogP contribution in [0.3, 0.4) is 0 Å². The second kappa shape index (κ2) is 7.52. The van der Waals surface area contributed by atoms with Crippen molar-refractivity contribution in [2.45, 2.75) is 25.7 Å². The van der Waals surface area contributed by atoms with Gasteiger partial charge in [0.25, 0.3) is 0 Å². The highest BCUT2D eigenvalue weighted by molar-refractivity contribution is 7.15. The first-order valence-electron chi connectivity index (χ1n) is 9.10. The summed E-state index contributed by atoms with van der Waals surface area (Å²) < 4.78 is 1.97. The van der Waals surface area contributed by atoms with E-state index in [1.807, 2.05) is 33.0 Å². The molecule has 2 aromatic heterocycles. The van der Waals surface area contributed by atoms with Gasteiger partial charge in [0, 0.05) is 36.6 Å². The van der Waals surface area contributed by atoms with Gasteiger partial charge in [-0.3, -0.25) is 9.20 Å². The number of carboxylic acids is 1. The number of fused-ring (bicyclic) bond motifs is 1. The van der Waals surface area contributed by atoms with Crippen LogP contribution < -0.4 is 0 Å². The lowest BCUT2D eigenvalue weighted by Gasteiger charge is -2.32. The molecule has 1 N–H and O–H groups in total.